The number of rotatable bonds is 11. The van der Waals surface area contributed by atoms with Gasteiger partial charge in [0, 0.05) is 37.4 Å². The largest absolute Gasteiger partial charge is 0.489 e. The Labute approximate surface area is 281 Å². The molecule has 8 nitrogen and oxygen atoms in total. The highest BCUT2D eigenvalue weighted by Crippen LogP contribution is 2.40. The van der Waals surface area contributed by atoms with Gasteiger partial charge in [0.2, 0.25) is 5.91 Å². The topological polar surface area (TPSA) is 73.8 Å². The minimum Gasteiger partial charge on any atom is -0.489 e. The Hall–Kier alpha value is -5.08. The molecule has 8 heteroatoms. The van der Waals surface area contributed by atoms with Gasteiger partial charge in [-0.2, -0.15) is 0 Å². The highest BCUT2D eigenvalue weighted by molar-refractivity contribution is 5.93. The van der Waals surface area contributed by atoms with E-state index in [1.54, 1.807) is 0 Å². The molecule has 0 radical (unpaired) electrons. The van der Waals surface area contributed by atoms with E-state index in [2.05, 4.69) is 69.4 Å². The van der Waals surface area contributed by atoms with Crippen molar-refractivity contribution in [3.63, 3.8) is 0 Å². The molecule has 0 bridgehead atoms. The maximum atomic E-state index is 14.4. The molecule has 7 rings (SSSR count). The molecule has 48 heavy (non-hydrogen) atoms. The first-order valence-corrected chi connectivity index (χ1v) is 17.0. The molecule has 2 fully saturated rings. The molecule has 2 aliphatic heterocycles. The van der Waals surface area contributed by atoms with Gasteiger partial charge in [0.05, 0.1) is 17.7 Å². The number of imidazole rings is 1. The van der Waals surface area contributed by atoms with Crippen LogP contribution in [0.5, 0.6) is 0 Å². The lowest BCUT2D eigenvalue weighted by atomic mass is 9.85. The smallest absolute Gasteiger partial charge is 0.326 e. The zero-order valence-electron chi connectivity index (χ0n) is 27.6. The molecule has 0 aliphatic carbocycles. The van der Waals surface area contributed by atoms with Crippen LogP contribution < -0.4 is 10.6 Å². The normalized spacial score (nSPS) is 16.7. The maximum absolute atomic E-state index is 14.4. The number of aromatic nitrogens is 2. The van der Waals surface area contributed by atoms with Crippen molar-refractivity contribution >= 4 is 28.4 Å². The molecule has 1 amide bonds. The van der Waals surface area contributed by atoms with Gasteiger partial charge in [0.1, 0.15) is 17.9 Å². The van der Waals surface area contributed by atoms with Crippen LogP contribution >= 0.6 is 0 Å². The fourth-order valence-corrected chi connectivity index (χ4v) is 7.36. The number of aryl methyl sites for hydroxylation is 1. The van der Waals surface area contributed by atoms with E-state index >= 15 is 0 Å². The lowest BCUT2D eigenvalue weighted by molar-refractivity contribution is -0.134. The fraction of sp³-hybridized carbons (Fsp3) is 0.300. The number of hydrogen-bond donors (Lipinski definition) is 1. The summed E-state index contributed by atoms with van der Waals surface area (Å²) in [7, 11) is 0. The minimum absolute atomic E-state index is 0.0591. The molecule has 0 saturated carbocycles. The average molecular weight is 642 g/mol. The molecule has 2 saturated heterocycles. The van der Waals surface area contributed by atoms with Crippen LogP contribution in [-0.4, -0.2) is 57.1 Å². The second kappa shape index (κ2) is 14.0. The Bertz CT molecular complexity index is 1940. The zero-order valence-corrected chi connectivity index (χ0v) is 27.6. The predicted molar refractivity (Wildman–Crippen MR) is 191 cm³/mol. The third-order valence-corrected chi connectivity index (χ3v) is 9.89. The van der Waals surface area contributed by atoms with Crippen molar-refractivity contribution in [2.24, 2.45) is 0 Å². The summed E-state index contributed by atoms with van der Waals surface area (Å²) < 4.78 is 8.04. The number of carbonyl (C=O) groups excluding carboxylic acids is 1. The molecule has 1 spiro atoms. The summed E-state index contributed by atoms with van der Waals surface area (Å²) in [4.78, 5) is 36.7. The number of H-pyrrole nitrogens is 1. The number of carbonyl (C=O) groups is 1. The first kappa shape index (κ1) is 31.5. The number of benzene rings is 4. The number of para-hydroxylation sites is 3. The highest BCUT2D eigenvalue weighted by Gasteiger charge is 2.53. The van der Waals surface area contributed by atoms with Crippen molar-refractivity contribution in [2.45, 2.75) is 51.4 Å². The summed E-state index contributed by atoms with van der Waals surface area (Å²) in [6.07, 6.45) is 4.40. The lowest BCUT2D eigenvalue weighted by Crippen LogP contribution is -2.56. The third-order valence-electron chi connectivity index (χ3n) is 9.89. The number of likely N-dealkylation sites (tertiary alicyclic amines) is 1. The summed E-state index contributed by atoms with van der Waals surface area (Å²) in [5, 5.41) is 0. The van der Waals surface area contributed by atoms with Crippen LogP contribution in [0.3, 0.4) is 0 Å². The average Bonchev–Trinajstić information content (AvgIpc) is 3.59. The Morgan fingerprint density at radius 3 is 2.31 bits per heavy atom. The molecule has 1 aromatic heterocycles. The number of anilines is 1. The fourth-order valence-electron chi connectivity index (χ4n) is 7.36. The monoisotopic (exact) mass is 641 g/mol. The molecule has 246 valence electrons. The van der Waals surface area contributed by atoms with Gasteiger partial charge >= 0.3 is 5.69 Å². The minimum atomic E-state index is -0.573. The van der Waals surface area contributed by atoms with E-state index in [1.807, 2.05) is 77.1 Å². The van der Waals surface area contributed by atoms with Crippen molar-refractivity contribution < 1.29 is 9.53 Å². The number of hydrogen-bond acceptors (Lipinski definition) is 5. The van der Waals surface area contributed by atoms with E-state index in [1.165, 1.54) is 0 Å². The van der Waals surface area contributed by atoms with Gasteiger partial charge in [-0.15, -0.1) is 0 Å². The van der Waals surface area contributed by atoms with Gasteiger partial charge in [-0.1, -0.05) is 78.9 Å². The zero-order chi connectivity index (χ0) is 32.9. The second-order valence-corrected chi connectivity index (χ2v) is 12.9. The van der Waals surface area contributed by atoms with E-state index in [0.29, 0.717) is 26.4 Å². The van der Waals surface area contributed by atoms with Crippen molar-refractivity contribution in [3.05, 3.63) is 142 Å². The van der Waals surface area contributed by atoms with Crippen molar-refractivity contribution in [1.82, 2.24) is 19.4 Å². The standard InChI is InChI=1S/C40H43N5O3/c1-2-37(48-29-31-13-5-3-6-14-31)33-16-11-15-32(27-33)28-43-30-45(34-17-7-4-8-18-34)40(38(43)46)21-25-42(26-22-40)23-12-24-44-36-20-10-9-19-35(36)41-39(44)47/h2-11,13-20,27H,12,21-26,28-30H2,1H3,(H,41,47). The van der Waals surface area contributed by atoms with Crippen LogP contribution in [-0.2, 0) is 29.2 Å². The number of allylic oxidation sites excluding steroid dienone is 1. The van der Waals surface area contributed by atoms with Crippen molar-refractivity contribution in [1.29, 1.82) is 0 Å². The molecular weight excluding hydrogens is 598 g/mol. The summed E-state index contributed by atoms with van der Waals surface area (Å²) >= 11 is 0. The van der Waals surface area contributed by atoms with Gasteiger partial charge in [-0.05, 0) is 80.3 Å². The summed E-state index contributed by atoms with van der Waals surface area (Å²) in [6.45, 7) is 6.81. The van der Waals surface area contributed by atoms with Crippen LogP contribution in [0, 0.1) is 0 Å². The summed E-state index contributed by atoms with van der Waals surface area (Å²) in [5.41, 5.74) is 5.49. The second-order valence-electron chi connectivity index (χ2n) is 12.9. The van der Waals surface area contributed by atoms with Crippen LogP contribution in [0.15, 0.2) is 120 Å². The molecule has 4 aromatic carbocycles. The molecule has 0 unspecified atom stereocenters. The van der Waals surface area contributed by atoms with E-state index < -0.39 is 5.54 Å². The molecule has 1 N–H and O–H groups in total. The van der Waals surface area contributed by atoms with Crippen molar-refractivity contribution in [2.75, 3.05) is 31.2 Å². The SMILES string of the molecule is CC=C(OCc1ccccc1)c1cccc(CN2CN(c3ccccc3)C3(CCN(CCCn4c(=O)[nH]c5ccccc54)CC3)C2=O)c1. The Morgan fingerprint density at radius 1 is 0.833 bits per heavy atom. The van der Waals surface area contributed by atoms with E-state index in [0.717, 1.165) is 78.1 Å². The third kappa shape index (κ3) is 6.40. The van der Waals surface area contributed by atoms with Crippen LogP contribution in [0.25, 0.3) is 16.8 Å². The maximum Gasteiger partial charge on any atom is 0.326 e. The van der Waals surface area contributed by atoms with Gasteiger partial charge in [0.25, 0.3) is 0 Å². The molecule has 2 aliphatic rings. The number of amides is 1. The lowest BCUT2D eigenvalue weighted by Gasteiger charge is -2.43. The van der Waals surface area contributed by atoms with Crippen molar-refractivity contribution in [3.8, 4) is 0 Å². The van der Waals surface area contributed by atoms with Gasteiger partial charge in [-0.3, -0.25) is 9.36 Å². The number of aromatic amines is 1. The number of nitrogens with zero attached hydrogens (tertiary/aromatic N) is 4. The van der Waals surface area contributed by atoms with E-state index in [-0.39, 0.29) is 11.6 Å². The Balaban J connectivity index is 1.03. The summed E-state index contributed by atoms with van der Waals surface area (Å²) in [6, 6.07) is 36.7. The van der Waals surface area contributed by atoms with Crippen LogP contribution in [0.1, 0.15) is 42.9 Å². The van der Waals surface area contributed by atoms with Gasteiger partial charge in [-0.25, -0.2) is 4.79 Å². The van der Waals surface area contributed by atoms with Crippen LogP contribution in [0.4, 0.5) is 5.69 Å². The van der Waals surface area contributed by atoms with Gasteiger partial charge in [0.15, 0.2) is 0 Å². The number of piperidine rings is 1. The number of fused-ring (bicyclic) bond motifs is 1. The first-order valence-electron chi connectivity index (χ1n) is 17.0. The molecule has 5 aromatic rings. The van der Waals surface area contributed by atoms with Crippen LogP contribution in [0.2, 0.25) is 0 Å². The summed E-state index contributed by atoms with van der Waals surface area (Å²) in [5.74, 6) is 1.03. The quantitative estimate of drug-likeness (QED) is 0.164. The molecule has 0 atom stereocenters. The molecule has 3 heterocycles. The number of ether oxygens (including phenoxy) is 1. The van der Waals surface area contributed by atoms with E-state index in [9.17, 15) is 9.59 Å². The number of nitrogens with one attached hydrogen (secondary N) is 1. The van der Waals surface area contributed by atoms with Gasteiger partial charge < -0.3 is 24.4 Å². The first-order chi connectivity index (χ1) is 23.5. The Kier molecular flexibility index (Phi) is 9.16. The highest BCUT2D eigenvalue weighted by atomic mass is 16.5. The molecular formula is C40H43N5O3. The Morgan fingerprint density at radius 2 is 1.54 bits per heavy atom. The van der Waals surface area contributed by atoms with E-state index in [4.69, 9.17) is 4.74 Å². The predicted octanol–water partition coefficient (Wildman–Crippen LogP) is 6.64.